The van der Waals surface area contributed by atoms with Crippen LogP contribution in [0.2, 0.25) is 0 Å². The molecule has 178 valence electrons. The van der Waals surface area contributed by atoms with Crippen LogP contribution in [0.25, 0.3) is 16.9 Å². The van der Waals surface area contributed by atoms with E-state index in [4.69, 9.17) is 4.98 Å². The Balaban J connectivity index is 1.72. The molecule has 0 saturated heterocycles. The van der Waals surface area contributed by atoms with Crippen molar-refractivity contribution in [2.24, 2.45) is 7.05 Å². The molecule has 0 aliphatic heterocycles. The number of benzene rings is 2. The van der Waals surface area contributed by atoms with Crippen LogP contribution < -0.4 is 11.2 Å². The fourth-order valence-corrected chi connectivity index (χ4v) is 4.63. The van der Waals surface area contributed by atoms with E-state index in [1.54, 1.807) is 4.40 Å². The summed E-state index contributed by atoms with van der Waals surface area (Å²) in [6, 6.07) is 14.9. The largest absolute Gasteiger partial charge is 0.332 e. The minimum atomic E-state index is -0.643. The maximum absolute atomic E-state index is 13.6. The molecule has 0 saturated carbocycles. The van der Waals surface area contributed by atoms with Crippen LogP contribution in [0.3, 0.4) is 0 Å². The highest BCUT2D eigenvalue weighted by Crippen LogP contribution is 2.27. The summed E-state index contributed by atoms with van der Waals surface area (Å²) in [6.45, 7) is 5.46. The van der Waals surface area contributed by atoms with Gasteiger partial charge in [-0.1, -0.05) is 30.3 Å². The molecule has 5 aromatic rings. The van der Waals surface area contributed by atoms with Gasteiger partial charge < -0.3 is 4.57 Å². The van der Waals surface area contributed by atoms with E-state index in [2.05, 4.69) is 6.92 Å². The normalized spacial score (nSPS) is 12.5. The lowest BCUT2D eigenvalue weighted by Crippen LogP contribution is -2.41. The van der Waals surface area contributed by atoms with E-state index < -0.39 is 29.4 Å². The van der Waals surface area contributed by atoms with E-state index >= 15 is 0 Å². The number of carbonyl (C=O) groups excluding carboxylic acids is 1. The van der Waals surface area contributed by atoms with Gasteiger partial charge in [0.25, 0.3) is 5.56 Å². The Kier molecular flexibility index (Phi) is 5.27. The van der Waals surface area contributed by atoms with Crippen LogP contribution in [0.5, 0.6) is 0 Å². The molecule has 0 aliphatic carbocycles. The second-order valence-electron chi connectivity index (χ2n) is 8.71. The van der Waals surface area contributed by atoms with Gasteiger partial charge in [-0.05, 0) is 50.6 Å². The number of hydrogen-bond acceptors (Lipinski definition) is 4. The first kappa shape index (κ1) is 22.5. The average Bonchev–Trinajstić information content (AvgIpc) is 3.36. The van der Waals surface area contributed by atoms with Crippen LogP contribution >= 0.6 is 0 Å². The van der Waals surface area contributed by atoms with Crippen molar-refractivity contribution in [3.05, 3.63) is 104 Å². The summed E-state index contributed by atoms with van der Waals surface area (Å²) >= 11 is 0. The zero-order valence-electron chi connectivity index (χ0n) is 19.8. The zero-order chi connectivity index (χ0) is 25.0. The Morgan fingerprint density at radius 3 is 2.31 bits per heavy atom. The van der Waals surface area contributed by atoms with E-state index in [1.165, 1.54) is 35.9 Å². The van der Waals surface area contributed by atoms with Crippen molar-refractivity contribution >= 4 is 22.7 Å². The number of imidazole rings is 2. The summed E-state index contributed by atoms with van der Waals surface area (Å²) in [4.78, 5) is 44.1. The van der Waals surface area contributed by atoms with Crippen molar-refractivity contribution in [3.63, 3.8) is 0 Å². The van der Waals surface area contributed by atoms with E-state index in [9.17, 15) is 18.8 Å². The van der Waals surface area contributed by atoms with Gasteiger partial charge in [0, 0.05) is 24.0 Å². The van der Waals surface area contributed by atoms with E-state index in [1.807, 2.05) is 48.7 Å². The average molecular weight is 474 g/mol. The summed E-state index contributed by atoms with van der Waals surface area (Å²) in [7, 11) is 1.53. The highest BCUT2D eigenvalue weighted by molar-refractivity contribution is 5.96. The van der Waals surface area contributed by atoms with Crippen LogP contribution in [0.1, 0.15) is 40.3 Å². The molecule has 5 rings (SSSR count). The van der Waals surface area contributed by atoms with Gasteiger partial charge in [0.1, 0.15) is 5.82 Å². The molecule has 0 radical (unpaired) electrons. The molecule has 8 nitrogen and oxygen atoms in total. The van der Waals surface area contributed by atoms with Crippen LogP contribution in [0.4, 0.5) is 4.39 Å². The Hall–Kier alpha value is -4.27. The summed E-state index contributed by atoms with van der Waals surface area (Å²) in [5, 5.41) is 0. The second kappa shape index (κ2) is 8.19. The Labute approximate surface area is 199 Å². The van der Waals surface area contributed by atoms with E-state index in [-0.39, 0.29) is 22.8 Å². The number of nitrogens with zero attached hydrogens (tertiary/aromatic N) is 5. The minimum Gasteiger partial charge on any atom is -0.307 e. The molecule has 1 atom stereocenters. The first-order chi connectivity index (χ1) is 16.7. The maximum Gasteiger partial charge on any atom is 0.332 e. The zero-order valence-corrected chi connectivity index (χ0v) is 19.8. The van der Waals surface area contributed by atoms with Gasteiger partial charge in [-0.15, -0.1) is 0 Å². The summed E-state index contributed by atoms with van der Waals surface area (Å²) in [5.74, 6) is -0.397. The van der Waals surface area contributed by atoms with Gasteiger partial charge >= 0.3 is 5.69 Å². The number of ketones is 1. The number of aryl methyl sites for hydroxylation is 2. The summed E-state index contributed by atoms with van der Waals surface area (Å²) < 4.78 is 19.2. The number of fused-ring (bicyclic) bond motifs is 3. The summed E-state index contributed by atoms with van der Waals surface area (Å²) in [5.41, 5.74) is 2.29. The molecule has 0 amide bonds. The van der Waals surface area contributed by atoms with Crippen LogP contribution in [-0.2, 0) is 13.6 Å². The molecule has 0 fully saturated rings. The predicted molar refractivity (Wildman–Crippen MR) is 131 cm³/mol. The smallest absolute Gasteiger partial charge is 0.307 e. The lowest BCUT2D eigenvalue weighted by atomic mass is 10.1. The lowest BCUT2D eigenvalue weighted by molar-refractivity contribution is 0.0969. The quantitative estimate of drug-likeness (QED) is 0.367. The minimum absolute atomic E-state index is 0.0662. The van der Waals surface area contributed by atoms with E-state index in [0.717, 1.165) is 21.5 Å². The van der Waals surface area contributed by atoms with Crippen molar-refractivity contribution < 1.29 is 9.18 Å². The number of halogens is 1. The highest BCUT2D eigenvalue weighted by Gasteiger charge is 2.25. The van der Waals surface area contributed by atoms with Gasteiger partial charge in [0.15, 0.2) is 16.9 Å². The number of carbonyl (C=O) groups is 1. The predicted octanol–water partition coefficient (Wildman–Crippen LogP) is 3.40. The number of aromatic nitrogens is 5. The molecule has 2 aromatic carbocycles. The monoisotopic (exact) mass is 473 g/mol. The number of Topliss-reactive ketones (excluding diaryl/α,β-unsaturated/α-hetero) is 1. The molecule has 0 bridgehead atoms. The van der Waals surface area contributed by atoms with Gasteiger partial charge in [-0.2, -0.15) is 4.98 Å². The topological polar surface area (TPSA) is 83.3 Å². The molecule has 1 unspecified atom stereocenters. The standard InChI is InChI=1S/C26H24FN5O3/c1-15-16(2)32-22-23(28-25(32)31(15)17(3)18-8-6-5-7-9-18)29(4)26(35)30(24(22)34)14-21(33)19-10-12-20(27)13-11-19/h5-13,17H,14H2,1-4H3. The fourth-order valence-electron chi connectivity index (χ4n) is 4.63. The third-order valence-corrected chi connectivity index (χ3v) is 6.70. The van der Waals surface area contributed by atoms with Crippen LogP contribution in [0, 0.1) is 19.7 Å². The molecular weight excluding hydrogens is 449 g/mol. The molecular formula is C26H24FN5O3. The van der Waals surface area contributed by atoms with Crippen molar-refractivity contribution in [2.45, 2.75) is 33.4 Å². The molecule has 9 heteroatoms. The van der Waals surface area contributed by atoms with Crippen molar-refractivity contribution in [2.75, 3.05) is 0 Å². The molecule has 0 N–H and O–H groups in total. The number of rotatable bonds is 5. The van der Waals surface area contributed by atoms with Crippen LogP contribution in [-0.4, -0.2) is 28.9 Å². The maximum atomic E-state index is 13.6. The third kappa shape index (κ3) is 3.42. The fraction of sp³-hybridized carbons (Fsp3) is 0.231. The Morgan fingerprint density at radius 1 is 1.00 bits per heavy atom. The highest BCUT2D eigenvalue weighted by atomic mass is 19.1. The number of hydrogen-bond donors (Lipinski definition) is 0. The lowest BCUT2D eigenvalue weighted by Gasteiger charge is -2.16. The molecule has 3 heterocycles. The third-order valence-electron chi connectivity index (χ3n) is 6.70. The molecule has 0 spiro atoms. The SMILES string of the molecule is Cc1c(C)n2c3c(=O)n(CC(=O)c4ccc(F)cc4)c(=O)n(C)c3nc2n1C(C)c1ccccc1. The van der Waals surface area contributed by atoms with E-state index in [0.29, 0.717) is 5.78 Å². The van der Waals surface area contributed by atoms with Crippen molar-refractivity contribution in [1.29, 1.82) is 0 Å². The van der Waals surface area contributed by atoms with Crippen molar-refractivity contribution in [1.82, 2.24) is 23.1 Å². The van der Waals surface area contributed by atoms with Gasteiger partial charge in [0.2, 0.25) is 5.78 Å². The Morgan fingerprint density at radius 2 is 1.66 bits per heavy atom. The van der Waals surface area contributed by atoms with Gasteiger partial charge in [0.05, 0.1) is 12.6 Å². The van der Waals surface area contributed by atoms with Crippen molar-refractivity contribution in [3.8, 4) is 0 Å². The molecule has 0 aliphatic rings. The van der Waals surface area contributed by atoms with Crippen LogP contribution in [0.15, 0.2) is 64.2 Å². The molecule has 35 heavy (non-hydrogen) atoms. The first-order valence-corrected chi connectivity index (χ1v) is 11.2. The first-order valence-electron chi connectivity index (χ1n) is 11.2. The van der Waals surface area contributed by atoms with Gasteiger partial charge in [-0.3, -0.25) is 23.1 Å². The van der Waals surface area contributed by atoms with Gasteiger partial charge in [-0.25, -0.2) is 9.18 Å². The molecule has 3 aromatic heterocycles. The Bertz CT molecular complexity index is 1720. The summed E-state index contributed by atoms with van der Waals surface area (Å²) in [6.07, 6.45) is 0. The second-order valence-corrected chi connectivity index (χ2v) is 8.71.